The molecule has 106 valence electrons. The number of hydrogen-bond donors (Lipinski definition) is 4. The van der Waals surface area contributed by atoms with Crippen LogP contribution in [-0.4, -0.2) is 37.8 Å². The third kappa shape index (κ3) is 2.80. The van der Waals surface area contributed by atoms with E-state index in [-0.39, 0.29) is 12.8 Å². The molecule has 1 aromatic heterocycles. The molecule has 2 rings (SSSR count). The summed E-state index contributed by atoms with van der Waals surface area (Å²) in [5.74, 6) is -2.55. The van der Waals surface area contributed by atoms with Crippen LogP contribution in [0.15, 0.2) is 30.5 Å². The Balaban J connectivity index is 2.28. The number of nitrogens with one attached hydrogen (secondary N) is 1. The van der Waals surface area contributed by atoms with E-state index in [0.29, 0.717) is 5.56 Å². The molecule has 0 fully saturated rings. The molecule has 1 aromatic carbocycles. The van der Waals surface area contributed by atoms with Crippen molar-refractivity contribution in [2.24, 2.45) is 0 Å². The first-order chi connectivity index (χ1) is 9.42. The molecule has 20 heavy (non-hydrogen) atoms. The summed E-state index contributed by atoms with van der Waals surface area (Å²) in [7, 11) is 0. The second-order valence-corrected chi connectivity index (χ2v) is 4.77. The van der Waals surface area contributed by atoms with Gasteiger partial charge >= 0.3 is 11.9 Å². The van der Waals surface area contributed by atoms with Gasteiger partial charge in [0.1, 0.15) is 0 Å². The lowest BCUT2D eigenvalue weighted by atomic mass is 9.90. The minimum absolute atomic E-state index is 0.139. The third-order valence-electron chi connectivity index (χ3n) is 3.31. The molecule has 4 N–H and O–H groups in total. The van der Waals surface area contributed by atoms with Crippen molar-refractivity contribution >= 4 is 22.8 Å². The number of H-pyrrole nitrogens is 1. The molecule has 0 aliphatic heterocycles. The van der Waals surface area contributed by atoms with E-state index in [4.69, 9.17) is 10.2 Å². The van der Waals surface area contributed by atoms with Crippen LogP contribution in [-0.2, 0) is 16.0 Å². The second-order valence-electron chi connectivity index (χ2n) is 4.77. The Bertz CT molecular complexity index is 648. The number of aliphatic hydroxyl groups is 1. The molecule has 0 saturated heterocycles. The summed E-state index contributed by atoms with van der Waals surface area (Å²) >= 11 is 0. The van der Waals surface area contributed by atoms with Gasteiger partial charge in [0.15, 0.2) is 5.60 Å². The fourth-order valence-electron chi connectivity index (χ4n) is 2.18. The van der Waals surface area contributed by atoms with Crippen molar-refractivity contribution in [2.75, 3.05) is 0 Å². The zero-order valence-electron chi connectivity index (χ0n) is 10.7. The van der Waals surface area contributed by atoms with Gasteiger partial charge in [-0.1, -0.05) is 18.2 Å². The highest BCUT2D eigenvalue weighted by molar-refractivity contribution is 5.85. The molecule has 0 saturated carbocycles. The van der Waals surface area contributed by atoms with Gasteiger partial charge in [-0.15, -0.1) is 0 Å². The Morgan fingerprint density at radius 2 is 1.90 bits per heavy atom. The van der Waals surface area contributed by atoms with Crippen molar-refractivity contribution in [1.82, 2.24) is 4.98 Å². The number of carboxylic acids is 2. The van der Waals surface area contributed by atoms with Crippen LogP contribution in [0.1, 0.15) is 18.4 Å². The van der Waals surface area contributed by atoms with Crippen LogP contribution in [0.2, 0.25) is 0 Å². The van der Waals surface area contributed by atoms with Gasteiger partial charge in [-0.3, -0.25) is 4.79 Å². The van der Waals surface area contributed by atoms with E-state index >= 15 is 0 Å². The van der Waals surface area contributed by atoms with Gasteiger partial charge in [0.2, 0.25) is 0 Å². The number of rotatable bonds is 6. The topological polar surface area (TPSA) is 111 Å². The minimum atomic E-state index is -2.08. The normalized spacial score (nSPS) is 14.1. The largest absolute Gasteiger partial charge is 0.481 e. The van der Waals surface area contributed by atoms with Crippen LogP contribution in [0.3, 0.4) is 0 Å². The number of aromatic nitrogens is 1. The van der Waals surface area contributed by atoms with Gasteiger partial charge in [0, 0.05) is 29.9 Å². The number of carbonyl (C=O) groups is 2. The first-order valence-electron chi connectivity index (χ1n) is 6.15. The van der Waals surface area contributed by atoms with Gasteiger partial charge in [0.25, 0.3) is 0 Å². The molecule has 6 nitrogen and oxygen atoms in total. The summed E-state index contributed by atoms with van der Waals surface area (Å²) in [6.07, 6.45) is 0.765. The van der Waals surface area contributed by atoms with E-state index in [1.165, 1.54) is 0 Å². The van der Waals surface area contributed by atoms with Gasteiger partial charge in [-0.25, -0.2) is 4.79 Å². The lowest BCUT2D eigenvalue weighted by Crippen LogP contribution is -2.41. The SMILES string of the molecule is O=C(O)CC[C@](O)(Cc1c[nH]c2ccccc12)C(=O)O. The smallest absolute Gasteiger partial charge is 0.336 e. The highest BCUT2D eigenvalue weighted by atomic mass is 16.4. The fourth-order valence-corrected chi connectivity index (χ4v) is 2.18. The summed E-state index contributed by atoms with van der Waals surface area (Å²) in [5.41, 5.74) is -0.590. The van der Waals surface area contributed by atoms with Gasteiger partial charge in [-0.05, 0) is 18.1 Å². The van der Waals surface area contributed by atoms with E-state index in [9.17, 15) is 14.7 Å². The lowest BCUT2D eigenvalue weighted by Gasteiger charge is -2.22. The van der Waals surface area contributed by atoms with Gasteiger partial charge in [0.05, 0.1) is 0 Å². The van der Waals surface area contributed by atoms with Crippen LogP contribution < -0.4 is 0 Å². The Morgan fingerprint density at radius 3 is 2.55 bits per heavy atom. The van der Waals surface area contributed by atoms with Crippen molar-refractivity contribution < 1.29 is 24.9 Å². The molecule has 1 atom stereocenters. The third-order valence-corrected chi connectivity index (χ3v) is 3.31. The number of fused-ring (bicyclic) bond motifs is 1. The Labute approximate surface area is 114 Å². The number of para-hydroxylation sites is 1. The van der Waals surface area contributed by atoms with Crippen LogP contribution in [0.25, 0.3) is 10.9 Å². The molecule has 6 heteroatoms. The first kappa shape index (κ1) is 14.1. The number of carboxylic acid groups (broad SMARTS) is 2. The number of hydrogen-bond acceptors (Lipinski definition) is 3. The predicted octanol–water partition coefficient (Wildman–Crippen LogP) is 1.39. The molecular formula is C14H15NO5. The average Bonchev–Trinajstić information content (AvgIpc) is 2.80. The van der Waals surface area contributed by atoms with Crippen LogP contribution in [0.4, 0.5) is 0 Å². The fraction of sp³-hybridized carbons (Fsp3) is 0.286. The van der Waals surface area contributed by atoms with Gasteiger partial charge < -0.3 is 20.3 Å². The summed E-state index contributed by atoms with van der Waals surface area (Å²) in [6.45, 7) is 0. The Morgan fingerprint density at radius 1 is 1.20 bits per heavy atom. The molecule has 0 unspecified atom stereocenters. The second kappa shape index (κ2) is 5.34. The molecular weight excluding hydrogens is 262 g/mol. The van der Waals surface area contributed by atoms with Crippen molar-refractivity contribution in [3.63, 3.8) is 0 Å². The van der Waals surface area contributed by atoms with Crippen molar-refractivity contribution in [2.45, 2.75) is 24.9 Å². The molecule has 0 bridgehead atoms. The quantitative estimate of drug-likeness (QED) is 0.637. The zero-order valence-corrected chi connectivity index (χ0v) is 10.7. The average molecular weight is 277 g/mol. The van der Waals surface area contributed by atoms with Gasteiger partial charge in [-0.2, -0.15) is 0 Å². The maximum Gasteiger partial charge on any atom is 0.336 e. The van der Waals surface area contributed by atoms with Crippen molar-refractivity contribution in [3.8, 4) is 0 Å². The van der Waals surface area contributed by atoms with E-state index in [1.54, 1.807) is 6.20 Å². The maximum absolute atomic E-state index is 11.2. The standard InChI is InChI=1S/C14H15NO5/c16-12(17)5-6-14(20,13(18)19)7-9-8-15-11-4-2-1-3-10(9)11/h1-4,8,15,20H,5-7H2,(H,16,17)(H,18,19)/t14-/m0/s1. The lowest BCUT2D eigenvalue weighted by molar-refractivity contribution is -0.160. The van der Waals surface area contributed by atoms with E-state index in [2.05, 4.69) is 4.98 Å². The van der Waals surface area contributed by atoms with E-state index in [0.717, 1.165) is 10.9 Å². The molecule has 1 heterocycles. The molecule has 0 amide bonds. The molecule has 0 aliphatic rings. The Hall–Kier alpha value is -2.34. The minimum Gasteiger partial charge on any atom is -0.481 e. The maximum atomic E-state index is 11.2. The first-order valence-corrected chi connectivity index (χ1v) is 6.15. The predicted molar refractivity (Wildman–Crippen MR) is 71.5 cm³/mol. The van der Waals surface area contributed by atoms with E-state index < -0.39 is 24.0 Å². The number of benzene rings is 1. The van der Waals surface area contributed by atoms with Crippen LogP contribution in [0.5, 0.6) is 0 Å². The molecule has 0 aliphatic carbocycles. The highest BCUT2D eigenvalue weighted by Gasteiger charge is 2.37. The summed E-state index contributed by atoms with van der Waals surface area (Å²) in [4.78, 5) is 24.8. The Kier molecular flexibility index (Phi) is 3.76. The van der Waals surface area contributed by atoms with Crippen LogP contribution in [0, 0.1) is 0 Å². The molecule has 0 spiro atoms. The van der Waals surface area contributed by atoms with Crippen LogP contribution >= 0.6 is 0 Å². The van der Waals surface area contributed by atoms with Crippen molar-refractivity contribution in [1.29, 1.82) is 0 Å². The molecule has 2 aromatic rings. The summed E-state index contributed by atoms with van der Waals surface area (Å²) in [6, 6.07) is 7.32. The van der Waals surface area contributed by atoms with E-state index in [1.807, 2.05) is 24.3 Å². The monoisotopic (exact) mass is 277 g/mol. The zero-order chi connectivity index (χ0) is 14.8. The number of aromatic amines is 1. The summed E-state index contributed by atoms with van der Waals surface area (Å²) in [5, 5.41) is 28.8. The molecule has 0 radical (unpaired) electrons. The van der Waals surface area contributed by atoms with Crippen molar-refractivity contribution in [3.05, 3.63) is 36.0 Å². The summed E-state index contributed by atoms with van der Waals surface area (Å²) < 4.78 is 0. The number of aliphatic carboxylic acids is 2. The highest BCUT2D eigenvalue weighted by Crippen LogP contribution is 2.25.